The van der Waals surface area contributed by atoms with Crippen LogP contribution in [0.5, 0.6) is 5.75 Å². The molecule has 1 unspecified atom stereocenters. The number of rotatable bonds is 9. The maximum absolute atomic E-state index is 12.0. The highest BCUT2D eigenvalue weighted by molar-refractivity contribution is 5.37. The van der Waals surface area contributed by atoms with Crippen LogP contribution in [0.4, 0.5) is 4.39 Å². The molecule has 1 fully saturated rings. The van der Waals surface area contributed by atoms with Gasteiger partial charge in [-0.25, -0.2) is 4.39 Å². The number of alkyl halides is 1. The lowest BCUT2D eigenvalue weighted by Crippen LogP contribution is -2.31. The summed E-state index contributed by atoms with van der Waals surface area (Å²) in [5, 5.41) is 3.46. The van der Waals surface area contributed by atoms with Crippen LogP contribution in [0.25, 0.3) is 0 Å². The average Bonchev–Trinajstić information content (AvgIpc) is 2.71. The van der Waals surface area contributed by atoms with Gasteiger partial charge in [0.1, 0.15) is 19.0 Å². The lowest BCUT2D eigenvalue weighted by molar-refractivity contribution is 0.0897. The highest BCUT2D eigenvalue weighted by Gasteiger charge is 2.26. The van der Waals surface area contributed by atoms with Gasteiger partial charge in [0, 0.05) is 5.92 Å². The lowest BCUT2D eigenvalue weighted by Gasteiger charge is -2.31. The third-order valence-corrected chi connectivity index (χ3v) is 4.97. The zero-order chi connectivity index (χ0) is 18.0. The van der Waals surface area contributed by atoms with Gasteiger partial charge in [0.15, 0.2) is 0 Å². The molecular formula is C22H28FNO2. The summed E-state index contributed by atoms with van der Waals surface area (Å²) in [4.78, 5) is 0. The van der Waals surface area contributed by atoms with Crippen molar-refractivity contribution in [2.45, 2.75) is 18.8 Å². The predicted molar refractivity (Wildman–Crippen MR) is 103 cm³/mol. The minimum absolute atomic E-state index is 0.136. The Kier molecular flexibility index (Phi) is 7.47. The van der Waals surface area contributed by atoms with E-state index in [2.05, 4.69) is 47.8 Å². The van der Waals surface area contributed by atoms with Gasteiger partial charge in [-0.3, -0.25) is 0 Å². The number of piperidine rings is 1. The molecule has 0 saturated carbocycles. The maximum Gasteiger partial charge on any atom is 0.119 e. The molecular weight excluding hydrogens is 329 g/mol. The molecule has 0 spiro atoms. The first-order chi connectivity index (χ1) is 12.9. The standard InChI is InChI=1S/C22H28FNO2/c23-12-15-25-16-17-26-21-8-6-19(7-9-21)22(18-4-2-1-3-5-18)20-10-13-24-14-11-20/h1-9,20,22,24H,10-17H2. The second kappa shape index (κ2) is 10.3. The van der Waals surface area contributed by atoms with Crippen molar-refractivity contribution in [3.05, 3.63) is 65.7 Å². The summed E-state index contributed by atoms with van der Waals surface area (Å²) in [5.74, 6) is 1.90. The molecule has 0 bridgehead atoms. The molecule has 0 amide bonds. The molecule has 0 aromatic heterocycles. The maximum atomic E-state index is 12.0. The molecule has 140 valence electrons. The average molecular weight is 357 g/mol. The van der Waals surface area contributed by atoms with Gasteiger partial charge in [0.05, 0.1) is 13.2 Å². The molecule has 1 aliphatic heterocycles. The molecule has 1 heterocycles. The fourth-order valence-corrected chi connectivity index (χ4v) is 3.72. The third kappa shape index (κ3) is 5.29. The van der Waals surface area contributed by atoms with Crippen LogP contribution >= 0.6 is 0 Å². The van der Waals surface area contributed by atoms with Crippen LogP contribution in [-0.2, 0) is 4.74 Å². The van der Waals surface area contributed by atoms with Crippen LogP contribution in [0.15, 0.2) is 54.6 Å². The van der Waals surface area contributed by atoms with Gasteiger partial charge >= 0.3 is 0 Å². The van der Waals surface area contributed by atoms with Crippen LogP contribution in [0.1, 0.15) is 29.9 Å². The van der Waals surface area contributed by atoms with Crippen molar-refractivity contribution in [3.8, 4) is 5.75 Å². The highest BCUT2D eigenvalue weighted by Crippen LogP contribution is 2.37. The summed E-state index contributed by atoms with van der Waals surface area (Å²) in [7, 11) is 0. The SMILES string of the molecule is FCCOCCOc1ccc(C(c2ccccc2)C2CCNCC2)cc1. The third-order valence-electron chi connectivity index (χ3n) is 4.97. The number of benzene rings is 2. The number of nitrogens with one attached hydrogen (secondary N) is 1. The van der Waals surface area contributed by atoms with Crippen molar-refractivity contribution in [3.63, 3.8) is 0 Å². The molecule has 4 heteroatoms. The lowest BCUT2D eigenvalue weighted by atomic mass is 9.76. The second-order valence-electron chi connectivity index (χ2n) is 6.69. The van der Waals surface area contributed by atoms with Crippen LogP contribution in [-0.4, -0.2) is 39.6 Å². The van der Waals surface area contributed by atoms with Crippen molar-refractivity contribution in [1.82, 2.24) is 5.32 Å². The van der Waals surface area contributed by atoms with Crippen molar-refractivity contribution >= 4 is 0 Å². The van der Waals surface area contributed by atoms with Gasteiger partial charge in [-0.1, -0.05) is 42.5 Å². The largest absolute Gasteiger partial charge is 0.491 e. The van der Waals surface area contributed by atoms with Crippen LogP contribution < -0.4 is 10.1 Å². The fourth-order valence-electron chi connectivity index (χ4n) is 3.72. The van der Waals surface area contributed by atoms with Gasteiger partial charge in [-0.15, -0.1) is 0 Å². The van der Waals surface area contributed by atoms with E-state index in [-0.39, 0.29) is 6.61 Å². The Balaban J connectivity index is 1.68. The molecule has 0 aliphatic carbocycles. The van der Waals surface area contributed by atoms with E-state index in [9.17, 15) is 4.39 Å². The smallest absolute Gasteiger partial charge is 0.119 e. The normalized spacial score (nSPS) is 16.3. The van der Waals surface area contributed by atoms with Gasteiger partial charge in [-0.05, 0) is 55.1 Å². The molecule has 3 nitrogen and oxygen atoms in total. The van der Waals surface area contributed by atoms with E-state index in [0.29, 0.717) is 25.0 Å². The number of halogens is 1. The molecule has 2 aromatic carbocycles. The molecule has 1 saturated heterocycles. The first-order valence-electron chi connectivity index (χ1n) is 9.50. The Bertz CT molecular complexity index is 626. The van der Waals surface area contributed by atoms with Crippen LogP contribution in [0.2, 0.25) is 0 Å². The molecule has 26 heavy (non-hydrogen) atoms. The van der Waals surface area contributed by atoms with Gasteiger partial charge < -0.3 is 14.8 Å². The molecule has 1 aliphatic rings. The molecule has 2 aromatic rings. The molecule has 0 radical (unpaired) electrons. The van der Waals surface area contributed by atoms with Crippen molar-refractivity contribution in [2.24, 2.45) is 5.92 Å². The molecule has 1 atom stereocenters. The summed E-state index contributed by atoms with van der Waals surface area (Å²) >= 11 is 0. The van der Waals surface area contributed by atoms with Crippen LogP contribution in [0, 0.1) is 5.92 Å². The van der Waals surface area contributed by atoms with Gasteiger partial charge in [0.25, 0.3) is 0 Å². The van der Waals surface area contributed by atoms with E-state index in [4.69, 9.17) is 9.47 Å². The fraction of sp³-hybridized carbons (Fsp3) is 0.455. The Hall–Kier alpha value is -1.91. The summed E-state index contributed by atoms with van der Waals surface area (Å²) in [6.45, 7) is 2.72. The number of ether oxygens (including phenoxy) is 2. The highest BCUT2D eigenvalue weighted by atomic mass is 19.1. The van der Waals surface area contributed by atoms with E-state index in [1.54, 1.807) is 0 Å². The minimum atomic E-state index is -0.452. The van der Waals surface area contributed by atoms with E-state index in [1.807, 2.05) is 12.1 Å². The van der Waals surface area contributed by atoms with Crippen molar-refractivity contribution in [1.29, 1.82) is 0 Å². The predicted octanol–water partition coefficient (Wildman–Crippen LogP) is 4.18. The Labute approximate surface area is 155 Å². The van der Waals surface area contributed by atoms with E-state index >= 15 is 0 Å². The number of hydrogen-bond donors (Lipinski definition) is 1. The van der Waals surface area contributed by atoms with Crippen molar-refractivity contribution in [2.75, 3.05) is 39.6 Å². The first-order valence-corrected chi connectivity index (χ1v) is 9.50. The monoisotopic (exact) mass is 357 g/mol. The summed E-state index contributed by atoms with van der Waals surface area (Å²) < 4.78 is 22.8. The minimum Gasteiger partial charge on any atom is -0.491 e. The zero-order valence-corrected chi connectivity index (χ0v) is 15.2. The zero-order valence-electron chi connectivity index (χ0n) is 15.2. The Morgan fingerprint density at radius 2 is 1.58 bits per heavy atom. The topological polar surface area (TPSA) is 30.5 Å². The second-order valence-corrected chi connectivity index (χ2v) is 6.69. The van der Waals surface area contributed by atoms with E-state index in [1.165, 1.54) is 24.0 Å². The van der Waals surface area contributed by atoms with E-state index < -0.39 is 6.67 Å². The molecule has 3 rings (SSSR count). The van der Waals surface area contributed by atoms with E-state index in [0.717, 1.165) is 18.8 Å². The van der Waals surface area contributed by atoms with Crippen LogP contribution in [0.3, 0.4) is 0 Å². The molecule has 1 N–H and O–H groups in total. The Morgan fingerprint density at radius 3 is 2.27 bits per heavy atom. The summed E-state index contributed by atoms with van der Waals surface area (Å²) in [5.41, 5.74) is 2.72. The summed E-state index contributed by atoms with van der Waals surface area (Å²) in [6.07, 6.45) is 2.40. The quantitative estimate of drug-likeness (QED) is 0.683. The Morgan fingerprint density at radius 1 is 0.885 bits per heavy atom. The summed E-state index contributed by atoms with van der Waals surface area (Å²) in [6, 6.07) is 19.2. The van der Waals surface area contributed by atoms with Gasteiger partial charge in [-0.2, -0.15) is 0 Å². The first kappa shape index (κ1) is 18.9. The van der Waals surface area contributed by atoms with Gasteiger partial charge in [0.2, 0.25) is 0 Å². The number of hydrogen-bond acceptors (Lipinski definition) is 3. The van der Waals surface area contributed by atoms with Crippen molar-refractivity contribution < 1.29 is 13.9 Å².